The third-order valence-electron chi connectivity index (χ3n) is 12.6. The molecule has 0 aliphatic carbocycles. The van der Waals surface area contributed by atoms with Gasteiger partial charge in [-0.2, -0.15) is 0 Å². The minimum absolute atomic E-state index is 0.931. The van der Waals surface area contributed by atoms with Gasteiger partial charge in [-0.1, -0.05) is 170 Å². The van der Waals surface area contributed by atoms with E-state index in [1.54, 1.807) is 0 Å². The Bertz CT molecular complexity index is 3800. The Kier molecular flexibility index (Phi) is 9.35. The molecule has 0 saturated heterocycles. The highest BCUT2D eigenvalue weighted by atomic mass is 15.1. The molecule has 4 nitrogen and oxygen atoms in total. The number of aromatic nitrogens is 4. The highest BCUT2D eigenvalue weighted by Crippen LogP contribution is 2.42. The highest BCUT2D eigenvalue weighted by molar-refractivity contribution is 6.28. The second-order valence-electron chi connectivity index (χ2n) is 16.5. The summed E-state index contributed by atoms with van der Waals surface area (Å²) in [6, 6.07) is 76.1. The summed E-state index contributed by atoms with van der Waals surface area (Å²) in [4.78, 5) is 10.1. The SMILES string of the molecule is C/C=C\C=C/c1cc(-c2ccc(-n3c(-c4ccccc4)nc4ccccc43)cc2)cc2c3ccccc3c3cc(-c4ccc(-n5c(-c6ccccc6)nc6ccccc65)cc4)ccc3c12. The van der Waals surface area contributed by atoms with Gasteiger partial charge in [-0.3, -0.25) is 9.13 Å². The van der Waals surface area contributed by atoms with Gasteiger partial charge in [0.05, 0.1) is 22.1 Å². The second kappa shape index (κ2) is 15.9. The fourth-order valence-corrected chi connectivity index (χ4v) is 9.61. The van der Waals surface area contributed by atoms with Crippen LogP contribution in [0.5, 0.6) is 0 Å². The molecule has 0 amide bonds. The molecule has 0 N–H and O–H groups in total. The van der Waals surface area contributed by atoms with E-state index in [9.17, 15) is 0 Å². The van der Waals surface area contributed by atoms with Crippen LogP contribution in [0.4, 0.5) is 0 Å². The van der Waals surface area contributed by atoms with Gasteiger partial charge in [-0.05, 0) is 134 Å². The predicted octanol–water partition coefficient (Wildman–Crippen LogP) is 16.1. The summed E-state index contributed by atoms with van der Waals surface area (Å²) in [5.74, 6) is 1.87. The third-order valence-corrected chi connectivity index (χ3v) is 12.6. The van der Waals surface area contributed by atoms with Crippen molar-refractivity contribution in [2.24, 2.45) is 0 Å². The molecule has 2 heterocycles. The first-order valence-electron chi connectivity index (χ1n) is 22.2. The number of fused-ring (bicyclic) bond motifs is 8. The molecule has 65 heavy (non-hydrogen) atoms. The predicted molar refractivity (Wildman–Crippen MR) is 274 cm³/mol. The van der Waals surface area contributed by atoms with Gasteiger partial charge in [0.1, 0.15) is 11.6 Å². The van der Waals surface area contributed by atoms with Crippen molar-refractivity contribution in [3.8, 4) is 56.4 Å². The van der Waals surface area contributed by atoms with Gasteiger partial charge in [0.2, 0.25) is 0 Å². The maximum Gasteiger partial charge on any atom is 0.145 e. The first-order valence-corrected chi connectivity index (χ1v) is 22.2. The molecule has 2 aromatic heterocycles. The minimum atomic E-state index is 0.931. The normalized spacial score (nSPS) is 12.0. The van der Waals surface area contributed by atoms with Crippen molar-refractivity contribution < 1.29 is 0 Å². The maximum absolute atomic E-state index is 5.08. The number of nitrogens with zero attached hydrogens (tertiary/aromatic N) is 4. The Labute approximate surface area is 377 Å². The molecule has 10 aromatic carbocycles. The Morgan fingerprint density at radius 1 is 0.354 bits per heavy atom. The van der Waals surface area contributed by atoms with E-state index >= 15 is 0 Å². The fraction of sp³-hybridized carbons (Fsp3) is 0.0164. The lowest BCUT2D eigenvalue weighted by molar-refractivity contribution is 1.10. The highest BCUT2D eigenvalue weighted by Gasteiger charge is 2.18. The van der Waals surface area contributed by atoms with E-state index in [0.29, 0.717) is 0 Å². The molecule has 0 bridgehead atoms. The summed E-state index contributed by atoms with van der Waals surface area (Å²) >= 11 is 0. The van der Waals surface area contributed by atoms with Crippen LogP contribution in [0.2, 0.25) is 0 Å². The molecule has 306 valence electrons. The van der Waals surface area contributed by atoms with Crippen molar-refractivity contribution in [1.82, 2.24) is 19.1 Å². The largest absolute Gasteiger partial charge is 0.292 e. The molecular weight excluding hydrogens is 789 g/mol. The van der Waals surface area contributed by atoms with Crippen LogP contribution >= 0.6 is 0 Å². The molecule has 0 aliphatic rings. The standard InChI is InChI=1S/C61H42N4/c1-2-3-6-21-46-38-47(42-30-35-49(36-31-42)65-58-27-16-14-25-56(58)63-61(65)44-19-9-5-10-20-44)40-54-51-23-12-11-22-50(51)53-39-45(32-37-52(53)59(46)54)41-28-33-48(34-29-41)64-57-26-15-13-24-55(57)62-60(64)43-17-7-4-8-18-43/h2-40H,1H3/b3-2-,21-6-. The molecule has 0 fully saturated rings. The number of hydrogen-bond acceptors (Lipinski definition) is 2. The number of hydrogen-bond donors (Lipinski definition) is 0. The van der Waals surface area contributed by atoms with Crippen LogP contribution in [0, 0.1) is 0 Å². The van der Waals surface area contributed by atoms with E-state index in [0.717, 1.165) is 67.3 Å². The van der Waals surface area contributed by atoms with Crippen LogP contribution in [0.25, 0.3) is 117 Å². The van der Waals surface area contributed by atoms with E-state index in [-0.39, 0.29) is 0 Å². The Morgan fingerprint density at radius 2 is 0.831 bits per heavy atom. The molecule has 0 atom stereocenters. The number of para-hydroxylation sites is 4. The monoisotopic (exact) mass is 830 g/mol. The Balaban J connectivity index is 0.972. The van der Waals surface area contributed by atoms with Crippen molar-refractivity contribution in [3.63, 3.8) is 0 Å². The first-order chi connectivity index (χ1) is 32.2. The smallest absolute Gasteiger partial charge is 0.145 e. The number of imidazole rings is 2. The lowest BCUT2D eigenvalue weighted by Crippen LogP contribution is -1.97. The average Bonchev–Trinajstić information content (AvgIpc) is 3.97. The second-order valence-corrected chi connectivity index (χ2v) is 16.5. The zero-order chi connectivity index (χ0) is 43.3. The van der Waals surface area contributed by atoms with Crippen molar-refractivity contribution >= 4 is 60.5 Å². The molecule has 12 rings (SSSR count). The quantitative estimate of drug-likeness (QED) is 0.113. The molecule has 12 aromatic rings. The Morgan fingerprint density at radius 3 is 1.40 bits per heavy atom. The number of rotatable bonds is 8. The number of allylic oxidation sites excluding steroid dienone is 3. The van der Waals surface area contributed by atoms with Crippen molar-refractivity contribution in [3.05, 3.63) is 236 Å². The van der Waals surface area contributed by atoms with Crippen molar-refractivity contribution in [2.75, 3.05) is 0 Å². The number of benzene rings is 10. The molecular formula is C61H42N4. The van der Waals surface area contributed by atoms with Gasteiger partial charge in [-0.25, -0.2) is 9.97 Å². The van der Waals surface area contributed by atoms with Gasteiger partial charge in [0.25, 0.3) is 0 Å². The maximum atomic E-state index is 5.08. The fourth-order valence-electron chi connectivity index (χ4n) is 9.61. The van der Waals surface area contributed by atoms with Crippen molar-refractivity contribution in [2.45, 2.75) is 6.92 Å². The summed E-state index contributed by atoms with van der Waals surface area (Å²) in [5, 5.41) is 7.43. The summed E-state index contributed by atoms with van der Waals surface area (Å²) in [5.41, 5.74) is 14.3. The molecule has 0 unspecified atom stereocenters. The molecule has 0 saturated carbocycles. The molecule has 4 heteroatoms. The summed E-state index contributed by atoms with van der Waals surface area (Å²) in [6.07, 6.45) is 8.59. The van der Waals surface area contributed by atoms with Gasteiger partial charge in [-0.15, -0.1) is 0 Å². The van der Waals surface area contributed by atoms with Crippen LogP contribution in [0.15, 0.2) is 231 Å². The van der Waals surface area contributed by atoms with E-state index < -0.39 is 0 Å². The van der Waals surface area contributed by atoms with Crippen molar-refractivity contribution in [1.29, 1.82) is 0 Å². The lowest BCUT2D eigenvalue weighted by Gasteiger charge is -2.17. The summed E-state index contributed by atoms with van der Waals surface area (Å²) < 4.78 is 4.54. The lowest BCUT2D eigenvalue weighted by atomic mass is 9.87. The van der Waals surface area contributed by atoms with Crippen LogP contribution < -0.4 is 0 Å². The van der Waals surface area contributed by atoms with Crippen LogP contribution in [0.3, 0.4) is 0 Å². The molecule has 0 aliphatic heterocycles. The summed E-state index contributed by atoms with van der Waals surface area (Å²) in [7, 11) is 0. The van der Waals surface area contributed by atoms with Crippen LogP contribution in [0.1, 0.15) is 12.5 Å². The van der Waals surface area contributed by atoms with E-state index in [1.165, 1.54) is 49.0 Å². The Hall–Kier alpha value is -8.60. The first kappa shape index (κ1) is 38.1. The molecule has 0 radical (unpaired) electrons. The topological polar surface area (TPSA) is 35.6 Å². The minimum Gasteiger partial charge on any atom is -0.292 e. The molecule has 0 spiro atoms. The van der Waals surface area contributed by atoms with Gasteiger partial charge >= 0.3 is 0 Å². The summed E-state index contributed by atoms with van der Waals surface area (Å²) in [6.45, 7) is 2.06. The van der Waals surface area contributed by atoms with Gasteiger partial charge in [0.15, 0.2) is 0 Å². The van der Waals surface area contributed by atoms with Crippen LogP contribution in [-0.2, 0) is 0 Å². The zero-order valence-corrected chi connectivity index (χ0v) is 35.8. The average molecular weight is 831 g/mol. The van der Waals surface area contributed by atoms with Crippen LogP contribution in [-0.4, -0.2) is 19.1 Å². The van der Waals surface area contributed by atoms with E-state index in [2.05, 4.69) is 241 Å². The zero-order valence-electron chi connectivity index (χ0n) is 35.8. The van der Waals surface area contributed by atoms with Gasteiger partial charge in [0, 0.05) is 22.5 Å². The van der Waals surface area contributed by atoms with E-state index in [1.807, 2.05) is 12.1 Å². The van der Waals surface area contributed by atoms with Gasteiger partial charge < -0.3 is 0 Å². The van der Waals surface area contributed by atoms with E-state index in [4.69, 9.17) is 9.97 Å². The third kappa shape index (κ3) is 6.63.